The molecule has 0 unspecified atom stereocenters. The van der Waals surface area contributed by atoms with Crippen molar-refractivity contribution in [2.75, 3.05) is 4.90 Å². The molecule has 0 bridgehead atoms. The van der Waals surface area contributed by atoms with E-state index in [0.29, 0.717) is 0 Å². The summed E-state index contributed by atoms with van der Waals surface area (Å²) in [5, 5.41) is 1.05. The summed E-state index contributed by atoms with van der Waals surface area (Å²) < 4.78 is 3.51. The van der Waals surface area contributed by atoms with Crippen molar-refractivity contribution in [1.29, 1.82) is 0 Å². The van der Waals surface area contributed by atoms with Gasteiger partial charge in [0.25, 0.3) is 0 Å². The van der Waals surface area contributed by atoms with Crippen LogP contribution in [0.2, 0.25) is 0 Å². The minimum absolute atomic E-state index is 0.995. The third kappa shape index (κ3) is 3.15. The quantitative estimate of drug-likeness (QED) is 0.240. The van der Waals surface area contributed by atoms with Crippen molar-refractivity contribution >= 4 is 49.6 Å². The van der Waals surface area contributed by atoms with Crippen LogP contribution in [0.3, 0.4) is 0 Å². The summed E-state index contributed by atoms with van der Waals surface area (Å²) in [5.41, 5.74) is 11.3. The largest absolute Gasteiger partial charge is 0.306 e. The third-order valence-electron chi connectivity index (χ3n) is 7.29. The van der Waals surface area contributed by atoms with Crippen LogP contribution in [0.15, 0.2) is 115 Å². The fraction of sp³-hybridized carbons (Fsp3) is 0.0303. The Bertz CT molecular complexity index is 1950. The number of thiazole rings is 1. The number of aryl methyl sites for hydroxylation is 1. The lowest BCUT2D eigenvalue weighted by molar-refractivity contribution is 0.982. The first-order valence-electron chi connectivity index (χ1n) is 12.7. The fourth-order valence-corrected chi connectivity index (χ4v) is 6.53. The molecule has 3 heterocycles. The molecule has 0 radical (unpaired) electrons. The summed E-state index contributed by atoms with van der Waals surface area (Å²) in [6.45, 7) is 2.08. The van der Waals surface area contributed by atoms with Gasteiger partial charge in [0.15, 0.2) is 0 Å². The lowest BCUT2D eigenvalue weighted by Gasteiger charge is -2.33. The van der Waals surface area contributed by atoms with Crippen LogP contribution in [-0.4, -0.2) is 14.5 Å². The molecule has 0 amide bonds. The molecule has 8 rings (SSSR count). The van der Waals surface area contributed by atoms with Crippen LogP contribution in [0, 0.1) is 6.92 Å². The van der Waals surface area contributed by atoms with Crippen LogP contribution >= 0.6 is 11.3 Å². The Kier molecular flexibility index (Phi) is 4.57. The van der Waals surface area contributed by atoms with E-state index in [2.05, 4.69) is 126 Å². The van der Waals surface area contributed by atoms with Gasteiger partial charge in [-0.3, -0.25) is 4.57 Å². The second kappa shape index (κ2) is 8.13. The lowest BCUT2D eigenvalue weighted by Crippen LogP contribution is -2.18. The number of para-hydroxylation sites is 3. The second-order valence-corrected chi connectivity index (χ2v) is 10.6. The molecule has 0 N–H and O–H groups in total. The molecule has 0 atom stereocenters. The van der Waals surface area contributed by atoms with Crippen molar-refractivity contribution in [2.45, 2.75) is 6.92 Å². The van der Waals surface area contributed by atoms with Crippen LogP contribution in [0.5, 0.6) is 0 Å². The van der Waals surface area contributed by atoms with E-state index in [1.54, 1.807) is 11.3 Å². The maximum atomic E-state index is 4.88. The summed E-state index contributed by atoms with van der Waals surface area (Å²) in [6.07, 6.45) is 0. The van der Waals surface area contributed by atoms with Crippen LogP contribution in [-0.2, 0) is 0 Å². The average Bonchev–Trinajstić information content (AvgIpc) is 3.55. The van der Waals surface area contributed by atoms with Gasteiger partial charge in [-0.15, -0.1) is 11.3 Å². The number of anilines is 3. The van der Waals surface area contributed by atoms with Gasteiger partial charge in [-0.25, -0.2) is 9.97 Å². The molecule has 5 aromatic carbocycles. The summed E-state index contributed by atoms with van der Waals surface area (Å²) in [6, 6.07) is 40.8. The van der Waals surface area contributed by atoms with Gasteiger partial charge in [-0.2, -0.15) is 0 Å². The highest BCUT2D eigenvalue weighted by atomic mass is 32.1. The number of aromatic nitrogens is 3. The molecular weight excluding hydrogens is 484 g/mol. The van der Waals surface area contributed by atoms with Crippen molar-refractivity contribution in [3.8, 4) is 27.4 Å². The number of hydrogen-bond donors (Lipinski definition) is 0. The Labute approximate surface area is 224 Å². The maximum absolute atomic E-state index is 4.88. The second-order valence-electron chi connectivity index (χ2n) is 9.58. The molecule has 5 heteroatoms. The van der Waals surface area contributed by atoms with E-state index in [0.717, 1.165) is 55.7 Å². The van der Waals surface area contributed by atoms with E-state index in [1.807, 2.05) is 6.07 Å². The Morgan fingerprint density at radius 2 is 1.32 bits per heavy atom. The number of hydrogen-bond acceptors (Lipinski definition) is 4. The van der Waals surface area contributed by atoms with Gasteiger partial charge < -0.3 is 4.90 Å². The Morgan fingerprint density at radius 3 is 2.16 bits per heavy atom. The van der Waals surface area contributed by atoms with Crippen molar-refractivity contribution in [2.24, 2.45) is 0 Å². The highest BCUT2D eigenvalue weighted by Crippen LogP contribution is 2.48. The molecule has 4 nitrogen and oxygen atoms in total. The molecule has 38 heavy (non-hydrogen) atoms. The number of nitrogens with zero attached hydrogens (tertiary/aromatic N) is 4. The molecule has 0 aliphatic carbocycles. The summed E-state index contributed by atoms with van der Waals surface area (Å²) in [5.74, 6) is 0.995. The van der Waals surface area contributed by atoms with Crippen LogP contribution in [0.4, 0.5) is 17.1 Å². The zero-order chi connectivity index (χ0) is 25.2. The number of imidazole rings is 1. The van der Waals surface area contributed by atoms with E-state index in [1.165, 1.54) is 15.8 Å². The van der Waals surface area contributed by atoms with E-state index in [4.69, 9.17) is 9.97 Å². The molecule has 0 saturated carbocycles. The smallest absolute Gasteiger partial charge is 0.124 e. The molecule has 7 aromatic rings. The molecule has 1 aliphatic rings. The monoisotopic (exact) mass is 506 g/mol. The van der Waals surface area contributed by atoms with E-state index >= 15 is 0 Å². The van der Waals surface area contributed by atoms with Crippen molar-refractivity contribution < 1.29 is 0 Å². The first kappa shape index (κ1) is 21.4. The molecule has 0 saturated heterocycles. The van der Waals surface area contributed by atoms with Gasteiger partial charge in [0, 0.05) is 11.3 Å². The summed E-state index contributed by atoms with van der Waals surface area (Å²) in [7, 11) is 0. The summed E-state index contributed by atoms with van der Waals surface area (Å²) in [4.78, 5) is 12.1. The SMILES string of the molecule is Cc1nc2cccc3c2n1-c1ccc(-c2ccc(-c4nc5ccccc5s4)cc2)cc1N3c1ccccc1. The zero-order valence-electron chi connectivity index (χ0n) is 20.7. The normalized spacial score (nSPS) is 12.3. The van der Waals surface area contributed by atoms with Gasteiger partial charge in [-0.05, 0) is 66.6 Å². The highest BCUT2D eigenvalue weighted by molar-refractivity contribution is 7.21. The fourth-order valence-electron chi connectivity index (χ4n) is 5.56. The maximum Gasteiger partial charge on any atom is 0.124 e. The van der Waals surface area contributed by atoms with Crippen molar-refractivity contribution in [3.63, 3.8) is 0 Å². The molecule has 180 valence electrons. The Hall–Kier alpha value is -4.74. The third-order valence-corrected chi connectivity index (χ3v) is 8.38. The van der Waals surface area contributed by atoms with Crippen LogP contribution < -0.4 is 4.90 Å². The highest BCUT2D eigenvalue weighted by Gasteiger charge is 2.28. The van der Waals surface area contributed by atoms with Gasteiger partial charge in [-0.1, -0.05) is 66.7 Å². The van der Waals surface area contributed by atoms with E-state index in [-0.39, 0.29) is 0 Å². The van der Waals surface area contributed by atoms with Crippen molar-refractivity contribution in [1.82, 2.24) is 14.5 Å². The summed E-state index contributed by atoms with van der Waals surface area (Å²) >= 11 is 1.74. The Balaban J connectivity index is 1.27. The topological polar surface area (TPSA) is 34.0 Å². The lowest BCUT2D eigenvalue weighted by atomic mass is 10.0. The average molecular weight is 507 g/mol. The van der Waals surface area contributed by atoms with Crippen molar-refractivity contribution in [3.05, 3.63) is 121 Å². The van der Waals surface area contributed by atoms with Crippen LogP contribution in [0.25, 0.3) is 48.6 Å². The molecular formula is C33H22N4S. The Morgan fingerprint density at radius 1 is 0.579 bits per heavy atom. The van der Waals surface area contributed by atoms with Gasteiger partial charge in [0.05, 0.1) is 38.3 Å². The molecule has 1 aliphatic heterocycles. The molecule has 0 spiro atoms. The zero-order valence-corrected chi connectivity index (χ0v) is 21.5. The van der Waals surface area contributed by atoms with E-state index in [9.17, 15) is 0 Å². The van der Waals surface area contributed by atoms with Gasteiger partial charge >= 0.3 is 0 Å². The predicted molar refractivity (Wildman–Crippen MR) is 158 cm³/mol. The molecule has 2 aromatic heterocycles. The predicted octanol–water partition coefficient (Wildman–Crippen LogP) is 9.06. The minimum Gasteiger partial charge on any atom is -0.306 e. The van der Waals surface area contributed by atoms with E-state index < -0.39 is 0 Å². The van der Waals surface area contributed by atoms with Gasteiger partial charge in [0.1, 0.15) is 10.8 Å². The number of rotatable bonds is 3. The number of fused-ring (bicyclic) bond motifs is 3. The standard InChI is InChI=1S/C33H22N4S/c1-21-34-27-11-7-12-29-32(27)36(21)28-19-18-24(20-30(28)37(29)25-8-3-2-4-9-25)22-14-16-23(17-15-22)33-35-26-10-5-6-13-31(26)38-33/h2-20H,1H3. The molecule has 0 fully saturated rings. The van der Waals surface area contributed by atoms with Gasteiger partial charge in [0.2, 0.25) is 0 Å². The minimum atomic E-state index is 0.995. The first-order chi connectivity index (χ1) is 18.7. The van der Waals surface area contributed by atoms with Crippen LogP contribution in [0.1, 0.15) is 5.82 Å². The number of benzene rings is 5. The first-order valence-corrected chi connectivity index (χ1v) is 13.5.